The van der Waals surface area contributed by atoms with Gasteiger partial charge in [-0.15, -0.1) is 11.8 Å². The molecule has 0 fully saturated rings. The lowest BCUT2D eigenvalue weighted by Gasteiger charge is -2.06. The molecule has 0 saturated heterocycles. The van der Waals surface area contributed by atoms with Gasteiger partial charge in [-0.05, 0) is 36.4 Å². The van der Waals surface area contributed by atoms with Gasteiger partial charge in [0.2, 0.25) is 5.91 Å². The van der Waals surface area contributed by atoms with E-state index in [1.807, 2.05) is 6.07 Å². The lowest BCUT2D eigenvalue weighted by molar-refractivity contribution is -0.113. The smallest absolute Gasteiger partial charge is 0.234 e. The van der Waals surface area contributed by atoms with Gasteiger partial charge >= 0.3 is 0 Å². The predicted molar refractivity (Wildman–Crippen MR) is 81.9 cm³/mol. The number of nitrogens with one attached hydrogen (secondary N) is 1. The summed E-state index contributed by atoms with van der Waals surface area (Å²) in [7, 11) is 0. The second-order valence-electron chi connectivity index (χ2n) is 4.11. The molecule has 0 bridgehead atoms. The highest BCUT2D eigenvalue weighted by Crippen LogP contribution is 2.24. The predicted octanol–water partition coefficient (Wildman–Crippen LogP) is 4.08. The van der Waals surface area contributed by atoms with Gasteiger partial charge in [-0.25, -0.2) is 4.39 Å². The molecule has 0 spiro atoms. The molecule has 6 heteroatoms. The van der Waals surface area contributed by atoms with Gasteiger partial charge in [0.15, 0.2) is 0 Å². The van der Waals surface area contributed by atoms with Crippen LogP contribution in [0.3, 0.4) is 0 Å². The summed E-state index contributed by atoms with van der Waals surface area (Å²) < 4.78 is 13.0. The number of thioether (sulfide) groups is 1. The molecule has 0 heterocycles. The number of amides is 1. The zero-order valence-electron chi connectivity index (χ0n) is 10.8. The maximum Gasteiger partial charge on any atom is 0.234 e. The molecule has 2 aromatic rings. The van der Waals surface area contributed by atoms with Crippen molar-refractivity contribution in [3.8, 4) is 6.07 Å². The Morgan fingerprint density at radius 1 is 1.33 bits per heavy atom. The third-order valence-electron chi connectivity index (χ3n) is 2.54. The molecule has 0 unspecified atom stereocenters. The number of rotatable bonds is 4. The third-order valence-corrected chi connectivity index (χ3v) is 3.82. The molecule has 0 aromatic heterocycles. The van der Waals surface area contributed by atoms with Crippen LogP contribution in [0, 0.1) is 17.1 Å². The van der Waals surface area contributed by atoms with Crippen molar-refractivity contribution in [3.63, 3.8) is 0 Å². The lowest BCUT2D eigenvalue weighted by atomic mass is 10.2. The van der Waals surface area contributed by atoms with Crippen LogP contribution in [0.25, 0.3) is 0 Å². The van der Waals surface area contributed by atoms with E-state index in [9.17, 15) is 9.18 Å². The Labute approximate surface area is 130 Å². The molecule has 106 valence electrons. The van der Waals surface area contributed by atoms with E-state index in [0.29, 0.717) is 16.1 Å². The number of carbonyl (C=O) groups excluding carboxylic acids is 1. The highest BCUT2D eigenvalue weighted by Gasteiger charge is 2.06. The van der Waals surface area contributed by atoms with Crippen molar-refractivity contribution < 1.29 is 9.18 Å². The molecular weight excluding hydrogens is 311 g/mol. The second-order valence-corrected chi connectivity index (χ2v) is 5.56. The molecule has 1 amide bonds. The topological polar surface area (TPSA) is 52.9 Å². The van der Waals surface area contributed by atoms with Gasteiger partial charge in [-0.1, -0.05) is 17.7 Å². The number of anilines is 1. The highest BCUT2D eigenvalue weighted by molar-refractivity contribution is 8.00. The summed E-state index contributed by atoms with van der Waals surface area (Å²) in [4.78, 5) is 12.5. The van der Waals surface area contributed by atoms with Crippen LogP contribution in [0.4, 0.5) is 10.1 Å². The average molecular weight is 321 g/mol. The van der Waals surface area contributed by atoms with Crippen molar-refractivity contribution in [2.75, 3.05) is 11.1 Å². The number of halogens is 2. The zero-order valence-corrected chi connectivity index (χ0v) is 12.3. The second kappa shape index (κ2) is 7.11. The Balaban J connectivity index is 1.92. The largest absolute Gasteiger partial charge is 0.325 e. The van der Waals surface area contributed by atoms with E-state index in [1.54, 1.807) is 30.3 Å². The number of benzene rings is 2. The first-order valence-corrected chi connectivity index (χ1v) is 7.33. The van der Waals surface area contributed by atoms with Gasteiger partial charge in [0.05, 0.1) is 22.4 Å². The van der Waals surface area contributed by atoms with Gasteiger partial charge in [-0.3, -0.25) is 4.79 Å². The van der Waals surface area contributed by atoms with Gasteiger partial charge in [0.25, 0.3) is 0 Å². The minimum atomic E-state index is -0.487. The Bertz CT molecular complexity index is 715. The molecule has 0 aliphatic rings. The molecule has 0 aliphatic heterocycles. The van der Waals surface area contributed by atoms with Gasteiger partial charge in [0, 0.05) is 10.6 Å². The van der Waals surface area contributed by atoms with Crippen LogP contribution in [0.15, 0.2) is 47.4 Å². The van der Waals surface area contributed by atoms with Crippen LogP contribution in [0.5, 0.6) is 0 Å². The van der Waals surface area contributed by atoms with Crippen LogP contribution in [-0.4, -0.2) is 11.7 Å². The third kappa shape index (κ3) is 4.48. The number of nitriles is 1. The van der Waals surface area contributed by atoms with Gasteiger partial charge in [0.1, 0.15) is 5.82 Å². The van der Waals surface area contributed by atoms with Gasteiger partial charge < -0.3 is 5.32 Å². The number of hydrogen-bond acceptors (Lipinski definition) is 3. The summed E-state index contributed by atoms with van der Waals surface area (Å²) in [5.74, 6) is -0.534. The van der Waals surface area contributed by atoms with E-state index in [0.717, 1.165) is 0 Å². The Hall–Kier alpha value is -2.03. The van der Waals surface area contributed by atoms with Crippen molar-refractivity contribution >= 4 is 35.0 Å². The summed E-state index contributed by atoms with van der Waals surface area (Å²) in [6.45, 7) is 0. The van der Waals surface area contributed by atoms with Crippen molar-refractivity contribution in [2.45, 2.75) is 4.90 Å². The van der Waals surface area contributed by atoms with E-state index >= 15 is 0 Å². The van der Waals surface area contributed by atoms with E-state index < -0.39 is 5.82 Å². The summed E-state index contributed by atoms with van der Waals surface area (Å²) in [5.41, 5.74) is 1.04. The van der Waals surface area contributed by atoms with E-state index in [1.165, 1.54) is 23.9 Å². The van der Waals surface area contributed by atoms with Crippen LogP contribution in [-0.2, 0) is 4.79 Å². The number of hydrogen-bond donors (Lipinski definition) is 1. The molecule has 0 radical (unpaired) electrons. The first kappa shape index (κ1) is 15.4. The standard InChI is InChI=1S/C15H10ClFN2OS/c16-13-7-12(4-5-14(13)17)21-9-15(20)19-11-3-1-2-10(6-11)8-18/h1-7H,9H2,(H,19,20). The van der Waals surface area contributed by atoms with Crippen molar-refractivity contribution in [2.24, 2.45) is 0 Å². The quantitative estimate of drug-likeness (QED) is 0.863. The minimum absolute atomic E-state index is 0.0297. The van der Waals surface area contributed by atoms with Crippen molar-refractivity contribution in [1.82, 2.24) is 0 Å². The highest BCUT2D eigenvalue weighted by atomic mass is 35.5. The van der Waals surface area contributed by atoms with E-state index in [4.69, 9.17) is 16.9 Å². The number of carbonyl (C=O) groups is 1. The first-order valence-electron chi connectivity index (χ1n) is 5.96. The molecule has 0 atom stereocenters. The Morgan fingerprint density at radius 2 is 2.14 bits per heavy atom. The van der Waals surface area contributed by atoms with E-state index in [-0.39, 0.29) is 16.7 Å². The van der Waals surface area contributed by atoms with Crippen LogP contribution < -0.4 is 5.32 Å². The van der Waals surface area contributed by atoms with Crippen molar-refractivity contribution in [1.29, 1.82) is 5.26 Å². The monoisotopic (exact) mass is 320 g/mol. The lowest BCUT2D eigenvalue weighted by Crippen LogP contribution is -2.13. The minimum Gasteiger partial charge on any atom is -0.325 e. The zero-order chi connectivity index (χ0) is 15.2. The summed E-state index contributed by atoms with van der Waals surface area (Å²) in [6.07, 6.45) is 0. The SMILES string of the molecule is N#Cc1cccc(NC(=O)CSc2ccc(F)c(Cl)c2)c1. The molecule has 2 aromatic carbocycles. The maximum absolute atomic E-state index is 13.0. The molecule has 0 aliphatic carbocycles. The molecule has 1 N–H and O–H groups in total. The summed E-state index contributed by atoms with van der Waals surface area (Å²) >= 11 is 6.93. The Kier molecular flexibility index (Phi) is 5.20. The fourth-order valence-electron chi connectivity index (χ4n) is 1.58. The Morgan fingerprint density at radius 3 is 2.86 bits per heavy atom. The first-order chi connectivity index (χ1) is 10.1. The molecule has 3 nitrogen and oxygen atoms in total. The van der Waals surface area contributed by atoms with Crippen LogP contribution in [0.1, 0.15) is 5.56 Å². The molecule has 2 rings (SSSR count). The van der Waals surface area contributed by atoms with Gasteiger partial charge in [-0.2, -0.15) is 5.26 Å². The molecule has 21 heavy (non-hydrogen) atoms. The maximum atomic E-state index is 13.0. The molecular formula is C15H10ClFN2OS. The fourth-order valence-corrected chi connectivity index (χ4v) is 2.56. The summed E-state index contributed by atoms with van der Waals surface area (Å²) in [6, 6.07) is 13.0. The van der Waals surface area contributed by atoms with Crippen LogP contribution in [0.2, 0.25) is 5.02 Å². The van der Waals surface area contributed by atoms with Crippen LogP contribution >= 0.6 is 23.4 Å². The fraction of sp³-hybridized carbons (Fsp3) is 0.0667. The average Bonchev–Trinajstić information content (AvgIpc) is 2.48. The number of nitrogens with zero attached hydrogens (tertiary/aromatic N) is 1. The van der Waals surface area contributed by atoms with Crippen molar-refractivity contribution in [3.05, 3.63) is 58.9 Å². The normalized spacial score (nSPS) is 9.95. The summed E-state index contributed by atoms with van der Waals surface area (Å²) in [5, 5.41) is 11.5. The molecule has 0 saturated carbocycles. The van der Waals surface area contributed by atoms with E-state index in [2.05, 4.69) is 5.32 Å².